The maximum atomic E-state index is 11.3. The summed E-state index contributed by atoms with van der Waals surface area (Å²) in [6.45, 7) is 6.36. The molecule has 0 radical (unpaired) electrons. The Bertz CT molecular complexity index is 353. The van der Waals surface area contributed by atoms with Crippen molar-refractivity contribution in [2.24, 2.45) is 0 Å². The van der Waals surface area contributed by atoms with Gasteiger partial charge in [-0.3, -0.25) is 4.79 Å². The fourth-order valence-corrected chi connectivity index (χ4v) is 1.25. The van der Waals surface area contributed by atoms with Crippen LogP contribution in [0.3, 0.4) is 0 Å². The minimum atomic E-state index is -0.0827. The van der Waals surface area contributed by atoms with Crippen molar-refractivity contribution < 1.29 is 9.21 Å². The Labute approximate surface area is 107 Å². The van der Waals surface area contributed by atoms with Crippen molar-refractivity contribution in [3.8, 4) is 0 Å². The van der Waals surface area contributed by atoms with Gasteiger partial charge in [0.05, 0.1) is 13.1 Å². The summed E-state index contributed by atoms with van der Waals surface area (Å²) < 4.78 is 5.31. The van der Waals surface area contributed by atoms with Gasteiger partial charge in [-0.1, -0.05) is 18.9 Å². The Hall–Kier alpha value is -1.63. The van der Waals surface area contributed by atoms with Crippen LogP contribution in [0.15, 0.2) is 4.42 Å². The van der Waals surface area contributed by atoms with Gasteiger partial charge >= 0.3 is 6.01 Å². The molecule has 0 fully saturated rings. The first kappa shape index (κ1) is 14.4. The summed E-state index contributed by atoms with van der Waals surface area (Å²) >= 11 is 0. The SMILES string of the molecule is CCCNCc1nnc(NCC(=O)NCCC)o1. The van der Waals surface area contributed by atoms with Gasteiger partial charge in [0.1, 0.15) is 0 Å². The number of carbonyl (C=O) groups is 1. The van der Waals surface area contributed by atoms with Gasteiger partial charge in [0.2, 0.25) is 11.8 Å². The van der Waals surface area contributed by atoms with E-state index in [2.05, 4.69) is 33.1 Å². The number of rotatable bonds is 9. The largest absolute Gasteiger partial charge is 0.407 e. The lowest BCUT2D eigenvalue weighted by atomic mass is 10.4. The smallest absolute Gasteiger partial charge is 0.315 e. The zero-order chi connectivity index (χ0) is 13.2. The maximum absolute atomic E-state index is 11.3. The van der Waals surface area contributed by atoms with Crippen LogP contribution in [0.2, 0.25) is 0 Å². The molecule has 102 valence electrons. The summed E-state index contributed by atoms with van der Waals surface area (Å²) in [6, 6.07) is 0.273. The predicted molar refractivity (Wildman–Crippen MR) is 68.1 cm³/mol. The molecule has 1 rings (SSSR count). The minimum absolute atomic E-state index is 0.0827. The number of nitrogens with zero attached hydrogens (tertiary/aromatic N) is 2. The maximum Gasteiger partial charge on any atom is 0.315 e. The number of aromatic nitrogens is 2. The zero-order valence-corrected chi connectivity index (χ0v) is 11.0. The minimum Gasteiger partial charge on any atom is -0.407 e. The van der Waals surface area contributed by atoms with Crippen molar-refractivity contribution in [1.82, 2.24) is 20.8 Å². The highest BCUT2D eigenvalue weighted by molar-refractivity contribution is 5.79. The van der Waals surface area contributed by atoms with E-state index >= 15 is 0 Å². The summed E-state index contributed by atoms with van der Waals surface area (Å²) in [7, 11) is 0. The molecular weight excluding hydrogens is 234 g/mol. The number of amides is 1. The highest BCUT2D eigenvalue weighted by Crippen LogP contribution is 2.04. The molecule has 0 saturated carbocycles. The molecule has 0 aliphatic rings. The zero-order valence-electron chi connectivity index (χ0n) is 11.0. The van der Waals surface area contributed by atoms with E-state index in [0.717, 1.165) is 19.4 Å². The summed E-state index contributed by atoms with van der Waals surface area (Å²) in [5.41, 5.74) is 0. The second kappa shape index (κ2) is 8.46. The first-order valence-corrected chi connectivity index (χ1v) is 6.30. The standard InChI is InChI=1S/C11H21N5O2/c1-3-5-12-8-10-15-16-11(18-10)14-7-9(17)13-6-4-2/h12H,3-8H2,1-2H3,(H,13,17)(H,14,16). The normalized spacial score (nSPS) is 10.3. The fourth-order valence-electron chi connectivity index (χ4n) is 1.25. The summed E-state index contributed by atoms with van der Waals surface area (Å²) in [6.07, 6.45) is 1.97. The monoisotopic (exact) mass is 255 g/mol. The van der Waals surface area contributed by atoms with Crippen LogP contribution in [-0.4, -0.2) is 35.7 Å². The molecule has 0 bridgehead atoms. The van der Waals surface area contributed by atoms with Crippen molar-refractivity contribution in [2.75, 3.05) is 25.0 Å². The van der Waals surface area contributed by atoms with Crippen molar-refractivity contribution in [2.45, 2.75) is 33.2 Å². The third-order valence-corrected chi connectivity index (χ3v) is 2.14. The molecule has 0 aliphatic heterocycles. The first-order valence-electron chi connectivity index (χ1n) is 6.30. The van der Waals surface area contributed by atoms with Crippen molar-refractivity contribution in [3.63, 3.8) is 0 Å². The number of nitrogens with one attached hydrogen (secondary N) is 3. The number of hydrogen-bond acceptors (Lipinski definition) is 6. The molecule has 1 aromatic heterocycles. The van der Waals surface area contributed by atoms with E-state index in [1.165, 1.54) is 0 Å². The Morgan fingerprint density at radius 2 is 2.00 bits per heavy atom. The third-order valence-electron chi connectivity index (χ3n) is 2.14. The van der Waals surface area contributed by atoms with Gasteiger partial charge < -0.3 is 20.4 Å². The van der Waals surface area contributed by atoms with E-state index in [4.69, 9.17) is 4.42 Å². The Morgan fingerprint density at radius 1 is 1.22 bits per heavy atom. The summed E-state index contributed by atoms with van der Waals surface area (Å²) in [5.74, 6) is 0.431. The lowest BCUT2D eigenvalue weighted by Crippen LogP contribution is -2.30. The van der Waals surface area contributed by atoms with E-state index in [1.54, 1.807) is 0 Å². The van der Waals surface area contributed by atoms with Gasteiger partial charge in [0.25, 0.3) is 0 Å². The number of carbonyl (C=O) groups excluding carboxylic acids is 1. The second-order valence-corrected chi connectivity index (χ2v) is 3.88. The average molecular weight is 255 g/mol. The summed E-state index contributed by atoms with van der Waals surface area (Å²) in [5, 5.41) is 16.3. The molecule has 7 nitrogen and oxygen atoms in total. The third kappa shape index (κ3) is 5.62. The van der Waals surface area contributed by atoms with Crippen LogP contribution in [0.4, 0.5) is 6.01 Å². The van der Waals surface area contributed by atoms with E-state index < -0.39 is 0 Å². The molecule has 0 aromatic carbocycles. The molecule has 7 heteroatoms. The molecule has 0 atom stereocenters. The van der Waals surface area contributed by atoms with Gasteiger partial charge in [-0.05, 0) is 19.4 Å². The van der Waals surface area contributed by atoms with Gasteiger partial charge in [-0.2, -0.15) is 0 Å². The average Bonchev–Trinajstić information content (AvgIpc) is 2.82. The van der Waals surface area contributed by atoms with E-state index in [9.17, 15) is 4.79 Å². The van der Waals surface area contributed by atoms with Crippen molar-refractivity contribution in [3.05, 3.63) is 5.89 Å². The molecule has 3 N–H and O–H groups in total. The van der Waals surface area contributed by atoms with E-state index in [0.29, 0.717) is 19.0 Å². The number of anilines is 1. The van der Waals surface area contributed by atoms with Crippen LogP contribution in [0.5, 0.6) is 0 Å². The predicted octanol–water partition coefficient (Wildman–Crippen LogP) is 0.507. The Kier molecular flexibility index (Phi) is 6.78. The van der Waals surface area contributed by atoms with E-state index in [-0.39, 0.29) is 18.5 Å². The second-order valence-electron chi connectivity index (χ2n) is 3.88. The highest BCUT2D eigenvalue weighted by atomic mass is 16.4. The molecule has 0 aliphatic carbocycles. The van der Waals surface area contributed by atoms with Crippen LogP contribution < -0.4 is 16.0 Å². The van der Waals surface area contributed by atoms with Gasteiger partial charge in [0, 0.05) is 6.54 Å². The van der Waals surface area contributed by atoms with Crippen LogP contribution >= 0.6 is 0 Å². The lowest BCUT2D eigenvalue weighted by Gasteiger charge is -2.02. The van der Waals surface area contributed by atoms with Gasteiger partial charge in [0.15, 0.2) is 0 Å². The van der Waals surface area contributed by atoms with Crippen LogP contribution in [0, 0.1) is 0 Å². The topological polar surface area (TPSA) is 92.1 Å². The molecular formula is C11H21N5O2. The highest BCUT2D eigenvalue weighted by Gasteiger charge is 2.06. The quantitative estimate of drug-likeness (QED) is 0.557. The van der Waals surface area contributed by atoms with Gasteiger partial charge in [-0.25, -0.2) is 0 Å². The molecule has 1 amide bonds. The molecule has 0 spiro atoms. The fraction of sp³-hybridized carbons (Fsp3) is 0.727. The molecule has 1 aromatic rings. The van der Waals surface area contributed by atoms with Gasteiger partial charge in [-0.15, -0.1) is 5.10 Å². The lowest BCUT2D eigenvalue weighted by molar-refractivity contribution is -0.119. The van der Waals surface area contributed by atoms with Crippen LogP contribution in [0.1, 0.15) is 32.6 Å². The summed E-state index contributed by atoms with van der Waals surface area (Å²) in [4.78, 5) is 11.3. The molecule has 18 heavy (non-hydrogen) atoms. The van der Waals surface area contributed by atoms with Crippen LogP contribution in [-0.2, 0) is 11.3 Å². The molecule has 1 heterocycles. The first-order chi connectivity index (χ1) is 8.76. The van der Waals surface area contributed by atoms with Crippen molar-refractivity contribution in [1.29, 1.82) is 0 Å². The van der Waals surface area contributed by atoms with Crippen molar-refractivity contribution >= 4 is 11.9 Å². The van der Waals surface area contributed by atoms with Crippen LogP contribution in [0.25, 0.3) is 0 Å². The molecule has 0 saturated heterocycles. The molecule has 0 unspecified atom stereocenters. The van der Waals surface area contributed by atoms with E-state index in [1.807, 2.05) is 6.92 Å². The number of hydrogen-bond donors (Lipinski definition) is 3. The Morgan fingerprint density at radius 3 is 2.72 bits per heavy atom. The Balaban J connectivity index is 2.24.